The number of aryl methyl sites for hydroxylation is 1. The van der Waals surface area contributed by atoms with E-state index in [0.29, 0.717) is 41.1 Å². The molecule has 0 amide bonds. The Hall–Kier alpha value is -0.670. The van der Waals surface area contributed by atoms with E-state index in [1.165, 1.54) is 12.8 Å². The van der Waals surface area contributed by atoms with Crippen molar-refractivity contribution in [2.45, 2.75) is 105 Å². The normalized spacial score (nSPS) is 32.3. The molecule has 2 aliphatic rings. The van der Waals surface area contributed by atoms with Crippen molar-refractivity contribution < 1.29 is 18.7 Å². The van der Waals surface area contributed by atoms with Gasteiger partial charge in [-0.2, -0.15) is 0 Å². The van der Waals surface area contributed by atoms with E-state index in [-0.39, 0.29) is 12.2 Å². The van der Waals surface area contributed by atoms with Crippen LogP contribution < -0.4 is 0 Å². The largest absolute Gasteiger partial charge is 0.376 e. The standard InChI is InChI=1S/C28H47O4P/c1-18(2)24-14-10-21(6)16-26(24)31-33(30,28(29)23-12-8-20(5)9-13-23)32-27-17-22(7)11-15-25(27)19(3)4/h8-9,12-13,18-19,21-22,24-29H,10-11,14-17H2,1-7H3/t21-,22-,24+,25+,26+,27+,28-/m0/s1. The van der Waals surface area contributed by atoms with Gasteiger partial charge in [0.25, 0.3) is 0 Å². The van der Waals surface area contributed by atoms with E-state index in [2.05, 4.69) is 41.5 Å². The van der Waals surface area contributed by atoms with Gasteiger partial charge in [-0.3, -0.25) is 4.57 Å². The highest BCUT2D eigenvalue weighted by Crippen LogP contribution is 2.64. The minimum atomic E-state index is -3.84. The van der Waals surface area contributed by atoms with E-state index in [1.54, 1.807) is 0 Å². The fourth-order valence-corrected chi connectivity index (χ4v) is 7.97. The minimum Gasteiger partial charge on any atom is -0.376 e. The second-order valence-electron chi connectivity index (χ2n) is 11.8. The van der Waals surface area contributed by atoms with Crippen LogP contribution in [0.1, 0.15) is 97.0 Å². The molecule has 2 fully saturated rings. The summed E-state index contributed by atoms with van der Waals surface area (Å²) in [5.74, 6) is 1.30. The number of hydrogen-bond acceptors (Lipinski definition) is 4. The molecule has 7 atom stereocenters. The van der Waals surface area contributed by atoms with Crippen LogP contribution in [0.3, 0.4) is 0 Å². The summed E-state index contributed by atoms with van der Waals surface area (Å²) in [6.07, 6.45) is 5.90. The summed E-state index contributed by atoms with van der Waals surface area (Å²) in [5, 5.41) is 11.5. The molecule has 2 aliphatic carbocycles. The molecular weight excluding hydrogens is 431 g/mol. The summed E-state index contributed by atoms with van der Waals surface area (Å²) in [4.78, 5) is 0. The van der Waals surface area contributed by atoms with Crippen LogP contribution in [-0.2, 0) is 13.6 Å². The Kier molecular flexibility index (Phi) is 9.28. The van der Waals surface area contributed by atoms with Gasteiger partial charge in [-0.1, -0.05) is 84.2 Å². The highest BCUT2D eigenvalue weighted by atomic mass is 31.2. The lowest BCUT2D eigenvalue weighted by molar-refractivity contribution is -0.0153. The molecule has 33 heavy (non-hydrogen) atoms. The molecule has 2 saturated carbocycles. The Morgan fingerprint density at radius 2 is 1.24 bits per heavy atom. The van der Waals surface area contributed by atoms with Crippen molar-refractivity contribution >= 4 is 7.60 Å². The molecule has 0 unspecified atom stereocenters. The maximum atomic E-state index is 14.6. The maximum absolute atomic E-state index is 14.6. The third kappa shape index (κ3) is 6.72. The Balaban J connectivity index is 1.94. The number of rotatable bonds is 8. The summed E-state index contributed by atoms with van der Waals surface area (Å²) >= 11 is 0. The first-order valence-corrected chi connectivity index (χ1v) is 14.8. The molecule has 188 valence electrons. The first-order chi connectivity index (χ1) is 15.5. The molecule has 0 radical (unpaired) electrons. The van der Waals surface area contributed by atoms with Crippen LogP contribution in [0.4, 0.5) is 0 Å². The molecule has 3 rings (SSSR count). The van der Waals surface area contributed by atoms with E-state index in [0.717, 1.165) is 31.2 Å². The first kappa shape index (κ1) is 26.9. The van der Waals surface area contributed by atoms with Gasteiger partial charge in [-0.25, -0.2) is 0 Å². The van der Waals surface area contributed by atoms with Gasteiger partial charge in [-0.15, -0.1) is 0 Å². The van der Waals surface area contributed by atoms with E-state index in [1.807, 2.05) is 31.2 Å². The summed E-state index contributed by atoms with van der Waals surface area (Å²) in [6, 6.07) is 7.60. The SMILES string of the molecule is Cc1ccc([C@@H](O)P(=O)(O[C@@H]2C[C@@H](C)CC[C@@H]2C(C)C)O[C@@H]2C[C@@H](C)CC[C@@H]2C(C)C)cc1. The summed E-state index contributed by atoms with van der Waals surface area (Å²) in [6.45, 7) is 15.4. The van der Waals surface area contributed by atoms with Gasteiger partial charge >= 0.3 is 7.60 Å². The van der Waals surface area contributed by atoms with Crippen molar-refractivity contribution in [1.29, 1.82) is 0 Å². The van der Waals surface area contributed by atoms with Crippen LogP contribution in [0.5, 0.6) is 0 Å². The van der Waals surface area contributed by atoms with E-state index >= 15 is 0 Å². The maximum Gasteiger partial charge on any atom is 0.363 e. The van der Waals surface area contributed by atoms with E-state index < -0.39 is 13.4 Å². The van der Waals surface area contributed by atoms with Crippen molar-refractivity contribution in [1.82, 2.24) is 0 Å². The lowest BCUT2D eigenvalue weighted by Gasteiger charge is -2.42. The molecule has 4 nitrogen and oxygen atoms in total. The lowest BCUT2D eigenvalue weighted by atomic mass is 9.75. The number of hydrogen-bond donors (Lipinski definition) is 1. The van der Waals surface area contributed by atoms with Crippen LogP contribution in [-0.4, -0.2) is 17.3 Å². The van der Waals surface area contributed by atoms with Gasteiger partial charge in [0, 0.05) is 0 Å². The highest BCUT2D eigenvalue weighted by Gasteiger charge is 2.46. The summed E-state index contributed by atoms with van der Waals surface area (Å²) < 4.78 is 27.6. The van der Waals surface area contributed by atoms with Gasteiger partial charge in [0.1, 0.15) is 0 Å². The number of aliphatic hydroxyl groups excluding tert-OH is 1. The molecule has 0 bridgehead atoms. The Bertz CT molecular complexity index is 752. The molecule has 0 spiro atoms. The van der Waals surface area contributed by atoms with Gasteiger partial charge in [0.05, 0.1) is 12.2 Å². The molecule has 1 aromatic carbocycles. The number of benzene rings is 1. The average Bonchev–Trinajstić information content (AvgIpc) is 2.73. The third-order valence-electron chi connectivity index (χ3n) is 8.16. The predicted molar refractivity (Wildman–Crippen MR) is 136 cm³/mol. The smallest absolute Gasteiger partial charge is 0.363 e. The third-order valence-corrected chi connectivity index (χ3v) is 10.2. The average molecular weight is 479 g/mol. The minimum absolute atomic E-state index is 0.154. The van der Waals surface area contributed by atoms with Crippen LogP contribution in [0.25, 0.3) is 0 Å². The Morgan fingerprint density at radius 3 is 1.64 bits per heavy atom. The fourth-order valence-electron chi connectivity index (χ4n) is 5.91. The molecular formula is C28H47O4P. The molecule has 0 heterocycles. The monoisotopic (exact) mass is 478 g/mol. The molecule has 1 aromatic rings. The zero-order chi connectivity index (χ0) is 24.3. The zero-order valence-electron chi connectivity index (χ0n) is 21.9. The Labute approximate surface area is 202 Å². The van der Waals surface area contributed by atoms with Crippen molar-refractivity contribution in [3.8, 4) is 0 Å². The van der Waals surface area contributed by atoms with Crippen LogP contribution in [0.2, 0.25) is 0 Å². The summed E-state index contributed by atoms with van der Waals surface area (Å²) in [5.41, 5.74) is 1.71. The van der Waals surface area contributed by atoms with Crippen molar-refractivity contribution in [2.24, 2.45) is 35.5 Å². The second-order valence-corrected chi connectivity index (χ2v) is 13.8. The Morgan fingerprint density at radius 1 is 0.818 bits per heavy atom. The predicted octanol–water partition coefficient (Wildman–Crippen LogP) is 8.13. The van der Waals surface area contributed by atoms with E-state index in [9.17, 15) is 9.67 Å². The summed E-state index contributed by atoms with van der Waals surface area (Å²) in [7, 11) is -3.84. The molecule has 1 N–H and O–H groups in total. The second kappa shape index (κ2) is 11.4. The van der Waals surface area contributed by atoms with Crippen molar-refractivity contribution in [2.75, 3.05) is 0 Å². The molecule has 5 heteroatoms. The fraction of sp³-hybridized carbons (Fsp3) is 0.786. The molecule has 0 aromatic heterocycles. The first-order valence-electron chi connectivity index (χ1n) is 13.2. The van der Waals surface area contributed by atoms with E-state index in [4.69, 9.17) is 9.05 Å². The van der Waals surface area contributed by atoms with Gasteiger partial charge < -0.3 is 14.2 Å². The van der Waals surface area contributed by atoms with Gasteiger partial charge in [0.15, 0.2) is 5.85 Å². The van der Waals surface area contributed by atoms with Crippen molar-refractivity contribution in [3.05, 3.63) is 35.4 Å². The quantitative estimate of drug-likeness (QED) is 0.383. The van der Waals surface area contributed by atoms with Crippen LogP contribution in [0, 0.1) is 42.4 Å². The number of aliphatic hydroxyl groups is 1. The van der Waals surface area contributed by atoms with Gasteiger partial charge in [-0.05, 0) is 73.7 Å². The van der Waals surface area contributed by atoms with Crippen LogP contribution in [0.15, 0.2) is 24.3 Å². The molecule has 0 aliphatic heterocycles. The van der Waals surface area contributed by atoms with Crippen molar-refractivity contribution in [3.63, 3.8) is 0 Å². The topological polar surface area (TPSA) is 55.8 Å². The lowest BCUT2D eigenvalue weighted by Crippen LogP contribution is -2.37. The highest BCUT2D eigenvalue weighted by molar-refractivity contribution is 7.54. The van der Waals surface area contributed by atoms with Gasteiger partial charge in [0.2, 0.25) is 0 Å². The van der Waals surface area contributed by atoms with Crippen LogP contribution >= 0.6 is 7.60 Å². The zero-order valence-corrected chi connectivity index (χ0v) is 22.8. The molecule has 0 saturated heterocycles.